The van der Waals surface area contributed by atoms with Crippen LogP contribution in [0.15, 0.2) is 51.7 Å². The van der Waals surface area contributed by atoms with Crippen LogP contribution in [-0.2, 0) is 6.42 Å². The number of allylic oxidation sites excluding steroid dienone is 1. The Morgan fingerprint density at radius 3 is 2.56 bits per heavy atom. The Balaban J connectivity index is 1.85. The Bertz CT molecular complexity index is 1270. The smallest absolute Gasteiger partial charge is 0.197 e. The third kappa shape index (κ3) is 3.70. The first-order valence-corrected chi connectivity index (χ1v) is 10.7. The van der Waals surface area contributed by atoms with E-state index in [4.69, 9.17) is 9.15 Å². The number of aromatic hydroxyl groups is 3. The van der Waals surface area contributed by atoms with Gasteiger partial charge in [-0.25, -0.2) is 0 Å². The van der Waals surface area contributed by atoms with E-state index in [1.807, 2.05) is 0 Å². The average molecular weight is 437 g/mol. The second kappa shape index (κ2) is 7.93. The molecule has 1 saturated carbocycles. The molecule has 168 valence electrons. The summed E-state index contributed by atoms with van der Waals surface area (Å²) in [7, 11) is 1.52. The maximum absolute atomic E-state index is 13.0. The van der Waals surface area contributed by atoms with Crippen LogP contribution in [-0.4, -0.2) is 22.4 Å². The predicted octanol–water partition coefficient (Wildman–Crippen LogP) is 5.51. The minimum Gasteiger partial charge on any atom is -0.507 e. The van der Waals surface area contributed by atoms with Crippen LogP contribution in [0.2, 0.25) is 0 Å². The molecule has 1 heterocycles. The summed E-state index contributed by atoms with van der Waals surface area (Å²) in [5.41, 5.74) is 1.94. The van der Waals surface area contributed by atoms with Crippen LogP contribution in [0.5, 0.6) is 23.0 Å². The van der Waals surface area contributed by atoms with E-state index in [2.05, 4.69) is 20.4 Å². The number of hydrogen-bond donors (Lipinski definition) is 3. The molecular formula is C26H28O6. The van der Waals surface area contributed by atoms with Gasteiger partial charge < -0.3 is 24.5 Å². The van der Waals surface area contributed by atoms with Crippen molar-refractivity contribution in [3.63, 3.8) is 0 Å². The Morgan fingerprint density at radius 1 is 1.16 bits per heavy atom. The first-order chi connectivity index (χ1) is 15.1. The fourth-order valence-corrected chi connectivity index (χ4v) is 4.82. The van der Waals surface area contributed by atoms with Gasteiger partial charge in [-0.1, -0.05) is 26.0 Å². The molecule has 1 atom stereocenters. The lowest BCUT2D eigenvalue weighted by Crippen LogP contribution is -2.31. The molecule has 0 bridgehead atoms. The number of ether oxygens (including phenoxy) is 1. The predicted molar refractivity (Wildman–Crippen MR) is 123 cm³/mol. The van der Waals surface area contributed by atoms with E-state index in [-0.39, 0.29) is 45.3 Å². The SMILES string of the molecule is C=C1CCCC(C)(C)[C@@H]1Cc1c(OC)cc2oc(-c3ccc(O)c(O)c3)cc(=O)c2c1O. The molecule has 0 radical (unpaired) electrons. The quantitative estimate of drug-likeness (QED) is 0.368. The summed E-state index contributed by atoms with van der Waals surface area (Å²) in [5.74, 6) is 0.0680. The number of methoxy groups -OCH3 is 1. The van der Waals surface area contributed by atoms with Crippen molar-refractivity contribution in [1.29, 1.82) is 0 Å². The average Bonchev–Trinajstić information content (AvgIpc) is 2.73. The summed E-state index contributed by atoms with van der Waals surface area (Å²) in [6, 6.07) is 7.04. The molecular weight excluding hydrogens is 408 g/mol. The summed E-state index contributed by atoms with van der Waals surface area (Å²) in [6.45, 7) is 8.69. The third-order valence-electron chi connectivity index (χ3n) is 6.70. The van der Waals surface area contributed by atoms with Gasteiger partial charge in [-0.2, -0.15) is 0 Å². The van der Waals surface area contributed by atoms with Crippen LogP contribution in [0.4, 0.5) is 0 Å². The second-order valence-corrected chi connectivity index (χ2v) is 9.21. The van der Waals surface area contributed by atoms with E-state index >= 15 is 0 Å². The summed E-state index contributed by atoms with van der Waals surface area (Å²) < 4.78 is 11.5. The molecule has 0 spiro atoms. The zero-order chi connectivity index (χ0) is 23.2. The van der Waals surface area contributed by atoms with Gasteiger partial charge in [0.1, 0.15) is 28.2 Å². The van der Waals surface area contributed by atoms with Gasteiger partial charge in [0.25, 0.3) is 0 Å². The van der Waals surface area contributed by atoms with E-state index in [0.29, 0.717) is 23.3 Å². The van der Waals surface area contributed by atoms with Crippen molar-refractivity contribution in [3.05, 3.63) is 58.3 Å². The highest BCUT2D eigenvalue weighted by Crippen LogP contribution is 2.47. The minimum atomic E-state index is -0.406. The lowest BCUT2D eigenvalue weighted by atomic mass is 9.64. The third-order valence-corrected chi connectivity index (χ3v) is 6.70. The van der Waals surface area contributed by atoms with Crippen LogP contribution in [0.25, 0.3) is 22.3 Å². The first kappa shape index (κ1) is 21.8. The van der Waals surface area contributed by atoms with Gasteiger partial charge in [-0.15, -0.1) is 0 Å². The maximum Gasteiger partial charge on any atom is 0.197 e. The van der Waals surface area contributed by atoms with E-state index < -0.39 is 5.43 Å². The van der Waals surface area contributed by atoms with Crippen molar-refractivity contribution in [2.24, 2.45) is 11.3 Å². The molecule has 32 heavy (non-hydrogen) atoms. The summed E-state index contributed by atoms with van der Waals surface area (Å²) in [5, 5.41) is 30.6. The Morgan fingerprint density at radius 2 is 1.91 bits per heavy atom. The molecule has 0 saturated heterocycles. The first-order valence-electron chi connectivity index (χ1n) is 10.7. The topological polar surface area (TPSA) is 100 Å². The zero-order valence-corrected chi connectivity index (χ0v) is 18.6. The summed E-state index contributed by atoms with van der Waals surface area (Å²) >= 11 is 0. The van der Waals surface area contributed by atoms with Crippen molar-refractivity contribution in [3.8, 4) is 34.3 Å². The molecule has 6 heteroatoms. The van der Waals surface area contributed by atoms with Crippen LogP contribution in [0, 0.1) is 11.3 Å². The summed E-state index contributed by atoms with van der Waals surface area (Å²) in [4.78, 5) is 13.0. The lowest BCUT2D eigenvalue weighted by molar-refractivity contribution is 0.187. The van der Waals surface area contributed by atoms with Crippen LogP contribution >= 0.6 is 0 Å². The molecule has 0 amide bonds. The monoisotopic (exact) mass is 436 g/mol. The standard InChI is InChI=1S/C26H28O6/c1-14-6-5-9-26(2,3)17(14)11-16-22(31-4)13-23-24(25(16)30)20(29)12-21(32-23)15-7-8-18(27)19(28)10-15/h7-8,10,12-13,17,27-28,30H,1,5-6,9,11H2,2-4H3/t17-/m1/s1. The fraction of sp³-hybridized carbons (Fsp3) is 0.346. The Hall–Kier alpha value is -3.41. The van der Waals surface area contributed by atoms with Gasteiger partial charge in [0, 0.05) is 23.3 Å². The Kier molecular flexibility index (Phi) is 5.41. The van der Waals surface area contributed by atoms with Gasteiger partial charge >= 0.3 is 0 Å². The van der Waals surface area contributed by atoms with Gasteiger partial charge in [-0.3, -0.25) is 4.79 Å². The molecule has 3 aromatic rings. The number of rotatable bonds is 4. The second-order valence-electron chi connectivity index (χ2n) is 9.21. The number of phenolic OH excluding ortho intramolecular Hbond substituents is 3. The number of benzene rings is 2. The van der Waals surface area contributed by atoms with Crippen molar-refractivity contribution < 1.29 is 24.5 Å². The molecule has 0 unspecified atom stereocenters. The maximum atomic E-state index is 13.0. The summed E-state index contributed by atoms with van der Waals surface area (Å²) in [6.07, 6.45) is 3.64. The van der Waals surface area contributed by atoms with Gasteiger partial charge in [-0.05, 0) is 55.2 Å². The normalized spacial score (nSPS) is 18.1. The van der Waals surface area contributed by atoms with Crippen molar-refractivity contribution in [2.75, 3.05) is 7.11 Å². The molecule has 4 rings (SSSR count). The molecule has 1 aliphatic rings. The van der Waals surface area contributed by atoms with E-state index in [0.717, 1.165) is 24.8 Å². The van der Waals surface area contributed by atoms with Crippen molar-refractivity contribution in [2.45, 2.75) is 39.5 Å². The molecule has 6 nitrogen and oxygen atoms in total. The minimum absolute atomic E-state index is 0.0249. The number of hydrogen-bond acceptors (Lipinski definition) is 6. The van der Waals surface area contributed by atoms with Gasteiger partial charge in [0.15, 0.2) is 16.9 Å². The highest BCUT2D eigenvalue weighted by Gasteiger charge is 2.36. The van der Waals surface area contributed by atoms with E-state index in [1.165, 1.54) is 31.4 Å². The fourth-order valence-electron chi connectivity index (χ4n) is 4.82. The van der Waals surface area contributed by atoms with E-state index in [9.17, 15) is 20.1 Å². The molecule has 1 fully saturated rings. The molecule has 0 aliphatic heterocycles. The van der Waals surface area contributed by atoms with E-state index in [1.54, 1.807) is 6.07 Å². The van der Waals surface area contributed by atoms with Crippen molar-refractivity contribution in [1.82, 2.24) is 0 Å². The largest absolute Gasteiger partial charge is 0.507 e. The Labute approximate surface area is 186 Å². The molecule has 1 aliphatic carbocycles. The molecule has 3 N–H and O–H groups in total. The van der Waals surface area contributed by atoms with Crippen LogP contribution in [0.3, 0.4) is 0 Å². The van der Waals surface area contributed by atoms with Crippen molar-refractivity contribution >= 4 is 11.0 Å². The molecule has 1 aromatic heterocycles. The molecule has 2 aromatic carbocycles. The highest BCUT2D eigenvalue weighted by atomic mass is 16.5. The van der Waals surface area contributed by atoms with Gasteiger partial charge in [0.2, 0.25) is 0 Å². The van der Waals surface area contributed by atoms with Crippen LogP contribution in [0.1, 0.15) is 38.7 Å². The number of fused-ring (bicyclic) bond motifs is 1. The lowest BCUT2D eigenvalue weighted by Gasteiger charge is -2.40. The number of phenols is 3. The van der Waals surface area contributed by atoms with Gasteiger partial charge in [0.05, 0.1) is 7.11 Å². The highest BCUT2D eigenvalue weighted by molar-refractivity contribution is 5.88. The zero-order valence-electron chi connectivity index (χ0n) is 18.6. The van der Waals surface area contributed by atoms with Crippen LogP contribution < -0.4 is 10.2 Å².